The predicted octanol–water partition coefficient (Wildman–Crippen LogP) is 0.243. The van der Waals surface area contributed by atoms with E-state index >= 15 is 0 Å². The molecule has 0 saturated carbocycles. The number of hydrogen-bond acceptors (Lipinski definition) is 10. The lowest BCUT2D eigenvalue weighted by Crippen LogP contribution is -2.61. The molecule has 2 saturated heterocycles. The van der Waals surface area contributed by atoms with E-state index < -0.39 is 88.8 Å². The number of rotatable bonds is 11. The van der Waals surface area contributed by atoms with E-state index in [-0.39, 0.29) is 56.4 Å². The number of amides is 6. The summed E-state index contributed by atoms with van der Waals surface area (Å²) in [5.41, 5.74) is 18.8. The summed E-state index contributed by atoms with van der Waals surface area (Å²) in [6, 6.07) is 10.3. The highest BCUT2D eigenvalue weighted by molar-refractivity contribution is 8.13. The number of guanidine groups is 1. The molecule has 332 valence electrons. The second kappa shape index (κ2) is 23.5. The third-order valence-electron chi connectivity index (χ3n) is 10.5. The zero-order valence-corrected chi connectivity index (χ0v) is 36.2. The molecule has 7 atom stereocenters. The number of nitrogens with one attached hydrogen (secondary N) is 5. The summed E-state index contributed by atoms with van der Waals surface area (Å²) in [4.78, 5) is 104. The van der Waals surface area contributed by atoms with Gasteiger partial charge < -0.3 is 48.7 Å². The van der Waals surface area contributed by atoms with Crippen LogP contribution in [0, 0.1) is 11.8 Å². The van der Waals surface area contributed by atoms with E-state index in [1.807, 2.05) is 38.1 Å². The number of benzene rings is 2. The van der Waals surface area contributed by atoms with Gasteiger partial charge in [-0.25, -0.2) is 0 Å². The molecule has 61 heavy (non-hydrogen) atoms. The van der Waals surface area contributed by atoms with Gasteiger partial charge in [0.05, 0.1) is 12.1 Å². The molecule has 11 N–H and O–H groups in total. The first kappa shape index (κ1) is 48.2. The van der Waals surface area contributed by atoms with Gasteiger partial charge >= 0.3 is 0 Å². The molecule has 6 amide bonds. The summed E-state index contributed by atoms with van der Waals surface area (Å²) < 4.78 is 0. The van der Waals surface area contributed by atoms with E-state index in [9.17, 15) is 33.6 Å². The number of nitrogens with two attached hydrogens (primary N) is 3. The average Bonchev–Trinajstić information content (AvgIpc) is 3.72. The summed E-state index contributed by atoms with van der Waals surface area (Å²) in [5, 5.41) is 13.7. The number of carbonyl (C=O) groups is 7. The van der Waals surface area contributed by atoms with E-state index in [1.54, 1.807) is 50.2 Å². The van der Waals surface area contributed by atoms with Crippen LogP contribution >= 0.6 is 11.8 Å². The number of aliphatic imine (C=N–C) groups is 1. The van der Waals surface area contributed by atoms with E-state index in [1.165, 1.54) is 4.90 Å². The Morgan fingerprint density at radius 2 is 1.25 bits per heavy atom. The van der Waals surface area contributed by atoms with Crippen LogP contribution in [-0.4, -0.2) is 113 Å². The van der Waals surface area contributed by atoms with Crippen LogP contribution in [0.25, 0.3) is 0 Å². The average molecular weight is 863 g/mol. The van der Waals surface area contributed by atoms with E-state index in [0.717, 1.165) is 22.9 Å². The lowest BCUT2D eigenvalue weighted by atomic mass is 9.98. The third-order valence-corrected chi connectivity index (χ3v) is 11.6. The van der Waals surface area contributed by atoms with Gasteiger partial charge in [0.15, 0.2) is 5.96 Å². The predicted molar refractivity (Wildman–Crippen MR) is 234 cm³/mol. The van der Waals surface area contributed by atoms with E-state index in [2.05, 4.69) is 31.6 Å². The van der Waals surface area contributed by atoms with Gasteiger partial charge in [0.2, 0.25) is 40.6 Å². The number of hydrogen-bond donors (Lipinski definition) is 8. The Kier molecular flexibility index (Phi) is 18.6. The number of fused-ring (bicyclic) bond motifs is 1. The van der Waals surface area contributed by atoms with Gasteiger partial charge in [-0.1, -0.05) is 100 Å². The van der Waals surface area contributed by atoms with Crippen molar-refractivity contribution >= 4 is 58.3 Å². The first-order valence-electron chi connectivity index (χ1n) is 20.9. The summed E-state index contributed by atoms with van der Waals surface area (Å²) >= 11 is 0.774. The quantitative estimate of drug-likeness (QED) is 0.0862. The molecule has 2 aliphatic heterocycles. The fourth-order valence-corrected chi connectivity index (χ4v) is 8.16. The van der Waals surface area contributed by atoms with Crippen molar-refractivity contribution in [3.63, 3.8) is 0 Å². The van der Waals surface area contributed by atoms with Crippen molar-refractivity contribution < 1.29 is 33.6 Å². The van der Waals surface area contributed by atoms with Crippen molar-refractivity contribution in [2.45, 2.75) is 115 Å². The monoisotopic (exact) mass is 862 g/mol. The zero-order valence-electron chi connectivity index (χ0n) is 35.4. The van der Waals surface area contributed by atoms with Crippen LogP contribution in [0.1, 0.15) is 70.9 Å². The summed E-state index contributed by atoms with van der Waals surface area (Å²) in [5.74, 6) is -4.50. The summed E-state index contributed by atoms with van der Waals surface area (Å²) in [6.07, 6.45) is 1.60. The van der Waals surface area contributed by atoms with Gasteiger partial charge in [-0.05, 0) is 55.1 Å². The van der Waals surface area contributed by atoms with Crippen LogP contribution in [0.3, 0.4) is 0 Å². The standard InChI is InChI=1S/C43H62N10O7S/c1-25(2)21-31-36(54)48-30(17-11-19-47-43(45)46)42(60)61-24-29(44)41(59)53-20-12-18-34(53)39(57)50-33(23-28-15-9-6-10-16-28)38(56)52-35(26(3)4)40(58)51-32(37(55)49-31)22-27-13-7-5-8-14-27/h5-10,13-16,25-26,29-35H,11-12,17-24,44H2,1-4H3,(H,48,54)(H,49,55)(H,50,57)(H,51,58)(H,52,56)(H4,45,46,47)/t29-,30+,31-,32-,33-,34-,35-/m0/s1. The molecule has 2 fully saturated rings. The molecule has 0 unspecified atom stereocenters. The molecule has 18 heteroatoms. The smallest absolute Gasteiger partial charge is 0.243 e. The molecule has 0 aliphatic carbocycles. The molecule has 0 aromatic heterocycles. The lowest BCUT2D eigenvalue weighted by Gasteiger charge is -2.30. The van der Waals surface area contributed by atoms with Crippen LogP contribution in [-0.2, 0) is 46.4 Å². The summed E-state index contributed by atoms with van der Waals surface area (Å²) in [6.45, 7) is 7.67. The maximum atomic E-state index is 14.3. The number of nitrogens with zero attached hydrogens (tertiary/aromatic N) is 2. The zero-order chi connectivity index (χ0) is 44.6. The lowest BCUT2D eigenvalue weighted by molar-refractivity contribution is -0.140. The van der Waals surface area contributed by atoms with Crippen molar-refractivity contribution in [2.24, 2.45) is 34.0 Å². The van der Waals surface area contributed by atoms with Crippen molar-refractivity contribution in [3.05, 3.63) is 71.8 Å². The Labute approximate surface area is 361 Å². The third kappa shape index (κ3) is 14.9. The van der Waals surface area contributed by atoms with Crippen molar-refractivity contribution in [1.82, 2.24) is 31.5 Å². The highest BCUT2D eigenvalue weighted by Crippen LogP contribution is 2.21. The first-order valence-corrected chi connectivity index (χ1v) is 21.9. The minimum Gasteiger partial charge on any atom is -0.370 e. The summed E-state index contributed by atoms with van der Waals surface area (Å²) in [7, 11) is 0. The highest BCUT2D eigenvalue weighted by atomic mass is 32.2. The van der Waals surface area contributed by atoms with Gasteiger partial charge in [0.1, 0.15) is 30.2 Å². The number of carbonyl (C=O) groups excluding carboxylic acids is 7. The Morgan fingerprint density at radius 3 is 1.80 bits per heavy atom. The molecule has 17 nitrogen and oxygen atoms in total. The van der Waals surface area contributed by atoms with Crippen molar-refractivity contribution in [3.8, 4) is 0 Å². The van der Waals surface area contributed by atoms with Gasteiger partial charge in [-0.2, -0.15) is 0 Å². The molecule has 0 radical (unpaired) electrons. The second-order valence-electron chi connectivity index (χ2n) is 16.4. The Morgan fingerprint density at radius 1 is 0.721 bits per heavy atom. The highest BCUT2D eigenvalue weighted by Gasteiger charge is 2.39. The maximum Gasteiger partial charge on any atom is 0.243 e. The molecule has 2 heterocycles. The van der Waals surface area contributed by atoms with Gasteiger partial charge in [0.25, 0.3) is 0 Å². The molecule has 2 aliphatic rings. The van der Waals surface area contributed by atoms with Crippen molar-refractivity contribution in [1.29, 1.82) is 0 Å². The van der Waals surface area contributed by atoms with E-state index in [0.29, 0.717) is 19.3 Å². The Bertz CT molecular complexity index is 1860. The van der Waals surface area contributed by atoms with Crippen LogP contribution in [0.2, 0.25) is 0 Å². The molecule has 0 bridgehead atoms. The molecular formula is C43H62N10O7S. The normalized spacial score (nSPS) is 25.3. The second-order valence-corrected chi connectivity index (χ2v) is 17.4. The van der Waals surface area contributed by atoms with E-state index in [4.69, 9.17) is 17.2 Å². The molecule has 4 rings (SSSR count). The van der Waals surface area contributed by atoms with Crippen LogP contribution in [0.4, 0.5) is 0 Å². The molecule has 0 spiro atoms. The largest absolute Gasteiger partial charge is 0.370 e. The van der Waals surface area contributed by atoms with Crippen LogP contribution in [0.15, 0.2) is 65.7 Å². The van der Waals surface area contributed by atoms with Gasteiger partial charge in [-0.15, -0.1) is 0 Å². The maximum absolute atomic E-state index is 14.3. The molecular weight excluding hydrogens is 801 g/mol. The first-order chi connectivity index (χ1) is 29.0. The minimum atomic E-state index is -1.19. The Balaban J connectivity index is 1.74. The van der Waals surface area contributed by atoms with Crippen LogP contribution in [0.5, 0.6) is 0 Å². The topological polar surface area (TPSA) is 273 Å². The molecule has 2 aromatic rings. The SMILES string of the molecule is CC(C)C[C@@H]1NC(=O)[C@H](Cc2ccccc2)NC(=O)[C@H](C(C)C)NC(=O)[C@H](Cc2ccccc2)NC(=O)[C@@H]2CCCN2C(=O)[C@@H](N)CSC(=O)[C@@H](CCCN=C(N)N)NC1=O. The Hall–Kier alpha value is -5.49. The fraction of sp³-hybridized carbons (Fsp3) is 0.535. The van der Waals surface area contributed by atoms with Gasteiger partial charge in [-0.3, -0.25) is 38.6 Å². The minimum absolute atomic E-state index is 0.0548. The van der Waals surface area contributed by atoms with Crippen molar-refractivity contribution in [2.75, 3.05) is 18.8 Å². The fourth-order valence-electron chi connectivity index (χ4n) is 7.30. The molecule has 2 aromatic carbocycles. The number of thioether (sulfide) groups is 1. The van der Waals surface area contributed by atoms with Crippen LogP contribution < -0.4 is 43.8 Å². The van der Waals surface area contributed by atoms with Gasteiger partial charge in [0, 0.05) is 31.7 Å².